The van der Waals surface area contributed by atoms with Crippen LogP contribution in [0.1, 0.15) is 6.92 Å². The highest BCUT2D eigenvalue weighted by atomic mass is 16.2. The van der Waals surface area contributed by atoms with Crippen LogP contribution >= 0.6 is 0 Å². The molecule has 0 spiro atoms. The van der Waals surface area contributed by atoms with Crippen LogP contribution in [0.5, 0.6) is 0 Å². The van der Waals surface area contributed by atoms with Crippen LogP contribution < -0.4 is 10.6 Å². The van der Waals surface area contributed by atoms with Crippen molar-refractivity contribution < 1.29 is 9.59 Å². The molecule has 1 aliphatic heterocycles. The van der Waals surface area contributed by atoms with E-state index < -0.39 is 11.9 Å². The predicted molar refractivity (Wildman–Crippen MR) is 29.4 cm³/mol. The molecule has 0 fully saturated rings. The highest BCUT2D eigenvalue weighted by Crippen LogP contribution is 1.92. The molecule has 4 heteroatoms. The summed E-state index contributed by atoms with van der Waals surface area (Å²) in [4.78, 5) is 20.7. The first kappa shape index (κ1) is 5.81. The summed E-state index contributed by atoms with van der Waals surface area (Å²) in [7, 11) is 0. The van der Waals surface area contributed by atoms with E-state index in [0.717, 1.165) is 0 Å². The average molecular weight is 125 g/mol. The van der Waals surface area contributed by atoms with E-state index in [0.29, 0.717) is 5.70 Å². The maximum atomic E-state index is 10.4. The largest absolute Gasteiger partial charge is 0.348 e. The molecule has 0 aromatic rings. The number of imide groups is 1. The minimum absolute atomic E-state index is 0.490. The second-order valence-corrected chi connectivity index (χ2v) is 1.71. The predicted octanol–water partition coefficient (Wildman–Crippen LogP) is -0.256. The summed E-state index contributed by atoms with van der Waals surface area (Å²) in [6.45, 7) is 1.63. The highest BCUT2D eigenvalue weighted by molar-refractivity contribution is 6.03. The fourth-order valence-corrected chi connectivity index (χ4v) is 0.550. The van der Waals surface area contributed by atoms with Crippen molar-refractivity contribution in [3.8, 4) is 0 Å². The van der Waals surface area contributed by atoms with Gasteiger partial charge in [0.05, 0.1) is 0 Å². The quantitative estimate of drug-likeness (QED) is 0.485. The normalized spacial score (nSPS) is 18.1. The van der Waals surface area contributed by atoms with Crippen LogP contribution in [0.4, 0.5) is 4.79 Å². The molecule has 1 aliphatic rings. The lowest BCUT2D eigenvalue weighted by atomic mass is 10.4. The number of carbonyl (C=O) groups excluding carboxylic acids is 2. The van der Waals surface area contributed by atoms with Crippen molar-refractivity contribution in [2.45, 2.75) is 6.92 Å². The van der Waals surface area contributed by atoms with Crippen molar-refractivity contribution >= 4 is 11.9 Å². The molecular weight excluding hydrogens is 120 g/mol. The fraction of sp³-hybridized carbons (Fsp3) is 0.200. The van der Waals surface area contributed by atoms with E-state index in [-0.39, 0.29) is 0 Å². The number of amides is 3. The van der Waals surface area contributed by atoms with Gasteiger partial charge in [-0.15, -0.1) is 0 Å². The molecule has 9 heavy (non-hydrogen) atoms. The summed E-state index contributed by atoms with van der Waals surface area (Å²) in [6, 6.07) is -0.583. The van der Waals surface area contributed by atoms with Gasteiger partial charge in [0.1, 0.15) is 0 Å². The van der Waals surface area contributed by atoms with Crippen LogP contribution in [0, 0.1) is 0 Å². The van der Waals surface area contributed by atoms with Crippen LogP contribution in [0.2, 0.25) is 0 Å². The molecule has 0 atom stereocenters. The highest BCUT2D eigenvalue weighted by Gasteiger charge is 2.13. The number of urea groups is 1. The fourth-order valence-electron chi connectivity index (χ4n) is 0.550. The van der Waals surface area contributed by atoms with Crippen LogP contribution in [0.15, 0.2) is 11.8 Å². The van der Waals surface area contributed by atoms with Crippen molar-refractivity contribution in [3.63, 3.8) is 0 Å². The molecule has 1 N–H and O–H groups in total. The number of nitrogens with zero attached hydrogens (tertiary/aromatic N) is 1. The Bertz CT molecular complexity index is 195. The molecule has 1 radical (unpaired) electrons. The molecule has 1 heterocycles. The lowest BCUT2D eigenvalue weighted by Gasteiger charge is -2.07. The smallest absolute Gasteiger partial charge is 0.310 e. The monoisotopic (exact) mass is 125 g/mol. The molecule has 0 unspecified atom stereocenters. The molecule has 47 valence electrons. The first-order valence-electron chi connectivity index (χ1n) is 2.43. The molecule has 1 rings (SSSR count). The Labute approximate surface area is 51.9 Å². The maximum absolute atomic E-state index is 10.4. The van der Waals surface area contributed by atoms with Gasteiger partial charge >= 0.3 is 6.03 Å². The third kappa shape index (κ3) is 1.28. The number of allylic oxidation sites excluding steroid dienone is 1. The van der Waals surface area contributed by atoms with Gasteiger partial charge in [-0.05, 0) is 6.92 Å². The van der Waals surface area contributed by atoms with Gasteiger partial charge < -0.3 is 5.32 Å². The van der Waals surface area contributed by atoms with Crippen molar-refractivity contribution in [2.24, 2.45) is 0 Å². The van der Waals surface area contributed by atoms with Crippen LogP contribution in [0.25, 0.3) is 0 Å². The lowest BCUT2D eigenvalue weighted by Crippen LogP contribution is -2.36. The minimum Gasteiger partial charge on any atom is -0.310 e. The van der Waals surface area contributed by atoms with Crippen LogP contribution in [-0.2, 0) is 4.79 Å². The molecule has 0 saturated heterocycles. The second-order valence-electron chi connectivity index (χ2n) is 1.71. The Morgan fingerprint density at radius 2 is 2.22 bits per heavy atom. The van der Waals surface area contributed by atoms with Crippen molar-refractivity contribution in [2.75, 3.05) is 0 Å². The molecule has 3 amide bonds. The van der Waals surface area contributed by atoms with Crippen LogP contribution in [-0.4, -0.2) is 11.9 Å². The number of hydrogen-bond donors (Lipinski definition) is 1. The standard InChI is InChI=1S/C5H5N2O2/c1-3-2-4(8)7-5(9)6-3/h2H,1H3,(H,6,9). The minimum atomic E-state index is -0.583. The van der Waals surface area contributed by atoms with E-state index >= 15 is 0 Å². The van der Waals surface area contributed by atoms with Crippen molar-refractivity contribution in [1.82, 2.24) is 10.6 Å². The Kier molecular flexibility index (Phi) is 1.22. The lowest BCUT2D eigenvalue weighted by molar-refractivity contribution is -0.116. The SMILES string of the molecule is CC1=CC(=O)[N]C(=O)N1. The van der Waals surface area contributed by atoms with Gasteiger partial charge in [-0.2, -0.15) is 5.32 Å². The van der Waals surface area contributed by atoms with Gasteiger partial charge in [-0.3, -0.25) is 4.79 Å². The molecule has 0 aromatic heterocycles. The maximum Gasteiger partial charge on any atom is 0.348 e. The summed E-state index contributed by atoms with van der Waals surface area (Å²) < 4.78 is 0. The zero-order valence-corrected chi connectivity index (χ0v) is 4.84. The summed E-state index contributed by atoms with van der Waals surface area (Å²) in [5.74, 6) is -0.490. The number of rotatable bonds is 0. The van der Waals surface area contributed by atoms with Gasteiger partial charge in [-0.25, -0.2) is 4.79 Å². The second kappa shape index (κ2) is 1.89. The van der Waals surface area contributed by atoms with Gasteiger partial charge in [0, 0.05) is 11.8 Å². The third-order valence-electron chi connectivity index (χ3n) is 0.856. The average Bonchev–Trinajstić information content (AvgIpc) is 1.59. The Morgan fingerprint density at radius 3 is 2.67 bits per heavy atom. The molecule has 0 aliphatic carbocycles. The molecule has 4 nitrogen and oxygen atoms in total. The van der Waals surface area contributed by atoms with Gasteiger partial charge in [0.25, 0.3) is 5.91 Å². The number of hydrogen-bond acceptors (Lipinski definition) is 2. The first-order valence-corrected chi connectivity index (χ1v) is 2.43. The zero-order chi connectivity index (χ0) is 6.85. The van der Waals surface area contributed by atoms with E-state index in [1.165, 1.54) is 6.08 Å². The summed E-state index contributed by atoms with van der Waals surface area (Å²) >= 11 is 0. The van der Waals surface area contributed by atoms with Gasteiger partial charge in [-0.1, -0.05) is 0 Å². The van der Waals surface area contributed by atoms with Crippen LogP contribution in [0.3, 0.4) is 0 Å². The third-order valence-corrected chi connectivity index (χ3v) is 0.856. The summed E-state index contributed by atoms with van der Waals surface area (Å²) in [5, 5.41) is 5.41. The molecule has 0 saturated carbocycles. The summed E-state index contributed by atoms with van der Waals surface area (Å²) in [6.07, 6.45) is 1.27. The van der Waals surface area contributed by atoms with E-state index in [1.807, 2.05) is 0 Å². The Balaban J connectivity index is 2.79. The van der Waals surface area contributed by atoms with Gasteiger partial charge in [0.2, 0.25) is 0 Å². The number of carbonyl (C=O) groups is 2. The zero-order valence-electron chi connectivity index (χ0n) is 4.84. The summed E-state index contributed by atoms with van der Waals surface area (Å²) in [5.41, 5.74) is 0.542. The van der Waals surface area contributed by atoms with Crippen molar-refractivity contribution in [3.05, 3.63) is 11.8 Å². The van der Waals surface area contributed by atoms with E-state index in [1.54, 1.807) is 6.92 Å². The topological polar surface area (TPSA) is 60.3 Å². The van der Waals surface area contributed by atoms with E-state index in [2.05, 4.69) is 10.6 Å². The van der Waals surface area contributed by atoms with E-state index in [9.17, 15) is 9.59 Å². The van der Waals surface area contributed by atoms with Gasteiger partial charge in [0.15, 0.2) is 0 Å². The molecule has 0 aromatic carbocycles. The molecular formula is C5H5N2O2. The Morgan fingerprint density at radius 1 is 1.56 bits per heavy atom. The number of nitrogens with one attached hydrogen (secondary N) is 1. The van der Waals surface area contributed by atoms with Crippen molar-refractivity contribution in [1.29, 1.82) is 0 Å². The molecule has 0 bridgehead atoms. The van der Waals surface area contributed by atoms with E-state index in [4.69, 9.17) is 0 Å². The Hall–Kier alpha value is -1.32. The first-order chi connectivity index (χ1) is 4.18.